The summed E-state index contributed by atoms with van der Waals surface area (Å²) < 4.78 is 0. The molecule has 0 N–H and O–H groups in total. The van der Waals surface area contributed by atoms with E-state index in [-0.39, 0.29) is 0 Å². The lowest BCUT2D eigenvalue weighted by Gasteiger charge is -2.33. The molecular weight excluding hydrogens is 223 g/mol. The van der Waals surface area contributed by atoms with E-state index in [9.17, 15) is 0 Å². The van der Waals surface area contributed by atoms with Gasteiger partial charge in [-0.05, 0) is 32.6 Å². The van der Waals surface area contributed by atoms with Crippen LogP contribution in [0.1, 0.15) is 79.6 Å². The largest absolute Gasteiger partial charge is 0.0667 e. The molecule has 0 aromatic rings. The Kier molecular flexibility index (Phi) is 10.6. The van der Waals surface area contributed by atoms with Crippen molar-refractivity contribution in [2.24, 2.45) is 0 Å². The number of hydrogen-bond acceptors (Lipinski definition) is 0. The van der Waals surface area contributed by atoms with Crippen LogP contribution in [0.2, 0.25) is 0 Å². The van der Waals surface area contributed by atoms with E-state index in [1.54, 1.807) is 18.5 Å². The van der Waals surface area contributed by atoms with Crippen molar-refractivity contribution in [3.63, 3.8) is 0 Å². The van der Waals surface area contributed by atoms with Crippen LogP contribution in [0, 0.1) is 0 Å². The number of rotatable bonds is 11. The normalized spacial score (nSPS) is 13.9. The third kappa shape index (κ3) is 6.23. The van der Waals surface area contributed by atoms with Gasteiger partial charge in [-0.25, -0.2) is 0 Å². The quantitative estimate of drug-likeness (QED) is 0.387. The maximum Gasteiger partial charge on any atom is 0.0667 e. The zero-order valence-corrected chi connectivity index (χ0v) is 14.0. The zero-order chi connectivity index (χ0) is 13.1. The Labute approximate surface area is 111 Å². The molecule has 1 atom stereocenters. The van der Waals surface area contributed by atoms with E-state index >= 15 is 0 Å². The van der Waals surface area contributed by atoms with Crippen LogP contribution in [0.5, 0.6) is 0 Å². The second kappa shape index (κ2) is 10.4. The van der Waals surface area contributed by atoms with Crippen LogP contribution in [0.3, 0.4) is 0 Å². The molecule has 1 unspecified atom stereocenters. The first kappa shape index (κ1) is 17.4. The fraction of sp³-hybridized carbons (Fsp3) is 1.00. The molecule has 0 amide bonds. The summed E-state index contributed by atoms with van der Waals surface area (Å²) in [6.07, 6.45) is 14.7. The van der Waals surface area contributed by atoms with Gasteiger partial charge in [-0.2, -0.15) is 0 Å². The number of unbranched alkanes of at least 4 members (excludes halogenated alkanes) is 3. The van der Waals surface area contributed by atoms with E-state index in [0.717, 1.165) is 5.66 Å². The first-order valence-electron chi connectivity index (χ1n) is 8.02. The summed E-state index contributed by atoms with van der Waals surface area (Å²) in [7, 11) is -0.637. The van der Waals surface area contributed by atoms with Crippen molar-refractivity contribution in [3.8, 4) is 0 Å². The van der Waals surface area contributed by atoms with Gasteiger partial charge in [0.1, 0.15) is 0 Å². The molecule has 0 fully saturated rings. The molecular formula is C16H36P+. The summed E-state index contributed by atoms with van der Waals surface area (Å²) in [4.78, 5) is 0. The Morgan fingerprint density at radius 1 is 0.706 bits per heavy atom. The third-order valence-electron chi connectivity index (χ3n) is 4.40. The van der Waals surface area contributed by atoms with Gasteiger partial charge in [0.15, 0.2) is 0 Å². The molecule has 17 heavy (non-hydrogen) atoms. The summed E-state index contributed by atoms with van der Waals surface area (Å²) >= 11 is 0. The minimum Gasteiger partial charge on any atom is -0.0652 e. The van der Waals surface area contributed by atoms with E-state index in [1.165, 1.54) is 44.9 Å². The fourth-order valence-electron chi connectivity index (χ4n) is 2.80. The van der Waals surface area contributed by atoms with Crippen molar-refractivity contribution < 1.29 is 0 Å². The Morgan fingerprint density at radius 3 is 1.29 bits per heavy atom. The van der Waals surface area contributed by atoms with Gasteiger partial charge < -0.3 is 0 Å². The Hall–Kier alpha value is 0.430. The van der Waals surface area contributed by atoms with E-state index < -0.39 is 7.26 Å². The standard InChI is InChI=1S/C16H36P/c1-6-10-13-17(14-11-7-2,15-12-8-3)16(5)9-4/h16H,6-15H2,1-5H3/q+1. The van der Waals surface area contributed by atoms with Crippen molar-refractivity contribution in [1.29, 1.82) is 0 Å². The molecule has 0 heterocycles. The molecule has 0 radical (unpaired) electrons. The highest BCUT2D eigenvalue weighted by Crippen LogP contribution is 2.65. The molecule has 0 aromatic heterocycles. The molecule has 0 saturated carbocycles. The van der Waals surface area contributed by atoms with Gasteiger partial charge >= 0.3 is 0 Å². The van der Waals surface area contributed by atoms with Gasteiger partial charge in [-0.15, -0.1) is 0 Å². The molecule has 0 aliphatic heterocycles. The Bertz CT molecular complexity index is 143. The highest BCUT2D eigenvalue weighted by molar-refractivity contribution is 7.76. The predicted molar refractivity (Wildman–Crippen MR) is 86.0 cm³/mol. The zero-order valence-electron chi connectivity index (χ0n) is 13.1. The average molecular weight is 259 g/mol. The summed E-state index contributed by atoms with van der Waals surface area (Å²) in [6.45, 7) is 12.0. The molecule has 0 bridgehead atoms. The molecule has 0 saturated heterocycles. The SMILES string of the molecule is CCCC[P+](CCCC)(CCCC)C(C)CC. The monoisotopic (exact) mass is 259 g/mol. The van der Waals surface area contributed by atoms with Crippen LogP contribution >= 0.6 is 7.26 Å². The van der Waals surface area contributed by atoms with E-state index in [4.69, 9.17) is 0 Å². The Balaban J connectivity index is 4.63. The van der Waals surface area contributed by atoms with Gasteiger partial charge in [0.2, 0.25) is 0 Å². The molecule has 0 aromatic carbocycles. The lowest BCUT2D eigenvalue weighted by molar-refractivity contribution is 0.792. The van der Waals surface area contributed by atoms with Crippen molar-refractivity contribution in [2.75, 3.05) is 18.5 Å². The van der Waals surface area contributed by atoms with Crippen LogP contribution in [0.15, 0.2) is 0 Å². The van der Waals surface area contributed by atoms with Gasteiger partial charge in [-0.1, -0.05) is 47.0 Å². The minimum atomic E-state index is -0.637. The maximum atomic E-state index is 2.55. The van der Waals surface area contributed by atoms with Crippen molar-refractivity contribution in [3.05, 3.63) is 0 Å². The molecule has 1 heteroatoms. The third-order valence-corrected chi connectivity index (χ3v) is 10.3. The van der Waals surface area contributed by atoms with Crippen molar-refractivity contribution >= 4 is 7.26 Å². The van der Waals surface area contributed by atoms with Gasteiger partial charge in [-0.3, -0.25) is 0 Å². The van der Waals surface area contributed by atoms with E-state index in [2.05, 4.69) is 34.6 Å². The topological polar surface area (TPSA) is 0 Å². The first-order chi connectivity index (χ1) is 8.16. The van der Waals surface area contributed by atoms with Gasteiger partial charge in [0.25, 0.3) is 0 Å². The summed E-state index contributed by atoms with van der Waals surface area (Å²) in [6, 6.07) is 0. The predicted octanol–water partition coefficient (Wildman–Crippen LogP) is 6.20. The molecule has 104 valence electrons. The summed E-state index contributed by atoms with van der Waals surface area (Å²) in [5.74, 6) is 0. The summed E-state index contributed by atoms with van der Waals surface area (Å²) in [5.41, 5.74) is 1.02. The van der Waals surface area contributed by atoms with Crippen LogP contribution < -0.4 is 0 Å². The van der Waals surface area contributed by atoms with Crippen molar-refractivity contribution in [2.45, 2.75) is 85.2 Å². The number of hydrogen-bond donors (Lipinski definition) is 0. The lowest BCUT2D eigenvalue weighted by atomic mass is 10.4. The van der Waals surface area contributed by atoms with Crippen LogP contribution in [-0.4, -0.2) is 24.1 Å². The smallest absolute Gasteiger partial charge is 0.0652 e. The molecule has 0 rings (SSSR count). The molecule has 0 aliphatic rings. The van der Waals surface area contributed by atoms with E-state index in [0.29, 0.717) is 0 Å². The molecule has 0 aliphatic carbocycles. The van der Waals surface area contributed by atoms with Crippen LogP contribution in [-0.2, 0) is 0 Å². The second-order valence-corrected chi connectivity index (χ2v) is 10.4. The lowest BCUT2D eigenvalue weighted by Crippen LogP contribution is -2.19. The van der Waals surface area contributed by atoms with Crippen LogP contribution in [0.4, 0.5) is 0 Å². The average Bonchev–Trinajstić information content (AvgIpc) is 2.37. The van der Waals surface area contributed by atoms with Crippen molar-refractivity contribution in [1.82, 2.24) is 0 Å². The summed E-state index contributed by atoms with van der Waals surface area (Å²) in [5, 5.41) is 0. The van der Waals surface area contributed by atoms with E-state index in [1.807, 2.05) is 0 Å². The maximum absolute atomic E-state index is 2.55. The first-order valence-corrected chi connectivity index (χ1v) is 10.4. The fourth-order valence-corrected chi connectivity index (χ4v) is 8.41. The minimum absolute atomic E-state index is 0.637. The van der Waals surface area contributed by atoms with Crippen LogP contribution in [0.25, 0.3) is 0 Å². The molecule has 0 nitrogen and oxygen atoms in total. The van der Waals surface area contributed by atoms with Gasteiger partial charge in [0.05, 0.1) is 24.1 Å². The highest BCUT2D eigenvalue weighted by Gasteiger charge is 2.40. The second-order valence-electron chi connectivity index (χ2n) is 5.71. The highest BCUT2D eigenvalue weighted by atomic mass is 31.2. The Morgan fingerprint density at radius 2 is 1.06 bits per heavy atom. The molecule has 0 spiro atoms. The van der Waals surface area contributed by atoms with Gasteiger partial charge in [0, 0.05) is 7.26 Å².